The van der Waals surface area contributed by atoms with Gasteiger partial charge in [-0.25, -0.2) is 13.2 Å². The quantitative estimate of drug-likeness (QED) is 0.622. The Kier molecular flexibility index (Phi) is 8.02. The van der Waals surface area contributed by atoms with E-state index in [1.54, 1.807) is 13.8 Å². The van der Waals surface area contributed by atoms with E-state index in [0.29, 0.717) is 19.4 Å². The second-order valence-electron chi connectivity index (χ2n) is 5.43. The van der Waals surface area contributed by atoms with E-state index in [1.165, 1.54) is 4.90 Å². The van der Waals surface area contributed by atoms with Crippen molar-refractivity contribution < 1.29 is 22.7 Å². The summed E-state index contributed by atoms with van der Waals surface area (Å²) in [5, 5.41) is 0. The Bertz CT molecular complexity index is 464. The topological polar surface area (TPSA) is 107 Å². The SMILES string of the molecule is CC(C)(CCCN(CCS(C)(=O)=O)C(=O)CCl)OC(N)=O. The summed E-state index contributed by atoms with van der Waals surface area (Å²) in [6.45, 7) is 3.86. The third-order valence-electron chi connectivity index (χ3n) is 2.78. The highest BCUT2D eigenvalue weighted by atomic mass is 35.5. The highest BCUT2D eigenvalue weighted by molar-refractivity contribution is 7.90. The molecule has 0 aromatic heterocycles. The van der Waals surface area contributed by atoms with Crippen molar-refractivity contribution >= 4 is 33.4 Å². The lowest BCUT2D eigenvalue weighted by Gasteiger charge is -2.26. The zero-order valence-electron chi connectivity index (χ0n) is 12.6. The number of sulfone groups is 1. The number of carbonyl (C=O) groups excluding carboxylic acids is 2. The standard InChI is InChI=1S/C12H23ClN2O5S/c1-12(2,20-11(14)17)5-4-6-15(10(16)9-13)7-8-21(3,18)19/h4-9H2,1-3H3,(H2,14,17). The van der Waals surface area contributed by atoms with E-state index in [1.807, 2.05) is 0 Å². The molecule has 0 saturated carbocycles. The molecule has 124 valence electrons. The lowest BCUT2D eigenvalue weighted by atomic mass is 10.0. The minimum absolute atomic E-state index is 0.0987. The molecule has 0 radical (unpaired) electrons. The molecule has 0 rings (SSSR count). The molecule has 0 fully saturated rings. The van der Waals surface area contributed by atoms with E-state index in [9.17, 15) is 18.0 Å². The van der Waals surface area contributed by atoms with Crippen LogP contribution >= 0.6 is 11.6 Å². The zero-order chi connectivity index (χ0) is 16.7. The fraction of sp³-hybridized carbons (Fsp3) is 0.833. The van der Waals surface area contributed by atoms with E-state index < -0.39 is 21.5 Å². The summed E-state index contributed by atoms with van der Waals surface area (Å²) in [7, 11) is -3.15. The maximum atomic E-state index is 11.7. The van der Waals surface area contributed by atoms with Gasteiger partial charge in [-0.3, -0.25) is 4.79 Å². The minimum atomic E-state index is -3.15. The molecule has 0 aliphatic rings. The Morgan fingerprint density at radius 2 is 1.86 bits per heavy atom. The molecule has 0 bridgehead atoms. The third-order valence-corrected chi connectivity index (χ3v) is 3.94. The Morgan fingerprint density at radius 3 is 2.29 bits per heavy atom. The van der Waals surface area contributed by atoms with Crippen LogP contribution in [0, 0.1) is 0 Å². The number of nitrogens with zero attached hydrogens (tertiary/aromatic N) is 1. The fourth-order valence-electron chi connectivity index (χ4n) is 1.74. The van der Waals surface area contributed by atoms with E-state index in [0.717, 1.165) is 6.26 Å². The number of primary amides is 1. The van der Waals surface area contributed by atoms with E-state index in [2.05, 4.69) is 0 Å². The van der Waals surface area contributed by atoms with E-state index in [4.69, 9.17) is 22.1 Å². The number of halogens is 1. The highest BCUT2D eigenvalue weighted by Gasteiger charge is 2.22. The molecule has 21 heavy (non-hydrogen) atoms. The molecular formula is C12H23ClN2O5S. The van der Waals surface area contributed by atoms with Gasteiger partial charge in [0.1, 0.15) is 21.3 Å². The summed E-state index contributed by atoms with van der Waals surface area (Å²) >= 11 is 5.51. The number of hydrogen-bond acceptors (Lipinski definition) is 5. The van der Waals surface area contributed by atoms with Crippen molar-refractivity contribution in [1.82, 2.24) is 4.90 Å². The first kappa shape index (κ1) is 20.0. The first-order valence-electron chi connectivity index (χ1n) is 6.47. The Balaban J connectivity index is 4.43. The second-order valence-corrected chi connectivity index (χ2v) is 7.96. The molecule has 0 saturated heterocycles. The maximum Gasteiger partial charge on any atom is 0.405 e. The predicted octanol–water partition coefficient (Wildman–Crippen LogP) is 0.753. The summed E-state index contributed by atoms with van der Waals surface area (Å²) in [5.74, 6) is -0.643. The summed E-state index contributed by atoms with van der Waals surface area (Å²) in [6, 6.07) is 0. The summed E-state index contributed by atoms with van der Waals surface area (Å²) < 4.78 is 27.3. The van der Waals surface area contributed by atoms with Crippen molar-refractivity contribution in [2.24, 2.45) is 5.73 Å². The molecule has 2 amide bonds. The van der Waals surface area contributed by atoms with Crippen LogP contribution in [0.25, 0.3) is 0 Å². The summed E-state index contributed by atoms with van der Waals surface area (Å²) in [5.41, 5.74) is 4.23. The number of nitrogens with two attached hydrogens (primary N) is 1. The number of alkyl halides is 1. The van der Waals surface area contributed by atoms with Crippen molar-refractivity contribution in [3.05, 3.63) is 0 Å². The normalized spacial score (nSPS) is 12.0. The van der Waals surface area contributed by atoms with Crippen LogP contribution in [0.4, 0.5) is 4.79 Å². The Labute approximate surface area is 130 Å². The second kappa shape index (κ2) is 8.43. The maximum absolute atomic E-state index is 11.7. The third kappa shape index (κ3) is 10.4. The van der Waals surface area contributed by atoms with Crippen molar-refractivity contribution in [2.45, 2.75) is 32.3 Å². The van der Waals surface area contributed by atoms with Gasteiger partial charge in [0, 0.05) is 19.3 Å². The van der Waals surface area contributed by atoms with E-state index in [-0.39, 0.29) is 24.1 Å². The molecule has 0 atom stereocenters. The van der Waals surface area contributed by atoms with Gasteiger partial charge in [-0.05, 0) is 26.7 Å². The van der Waals surface area contributed by atoms with Gasteiger partial charge in [-0.1, -0.05) is 0 Å². The first-order valence-corrected chi connectivity index (χ1v) is 9.06. The number of amides is 2. The fourth-order valence-corrected chi connectivity index (χ4v) is 2.46. The van der Waals surface area contributed by atoms with Crippen molar-refractivity contribution in [3.8, 4) is 0 Å². The van der Waals surface area contributed by atoms with Crippen LogP contribution in [0.2, 0.25) is 0 Å². The highest BCUT2D eigenvalue weighted by Crippen LogP contribution is 2.17. The molecular weight excluding hydrogens is 320 g/mol. The molecule has 9 heteroatoms. The summed E-state index contributed by atoms with van der Waals surface area (Å²) in [4.78, 5) is 23.8. The molecule has 0 aliphatic heterocycles. The Hall–Kier alpha value is -1.02. The van der Waals surface area contributed by atoms with Gasteiger partial charge in [0.05, 0.1) is 5.75 Å². The van der Waals surface area contributed by atoms with Gasteiger partial charge in [0.25, 0.3) is 0 Å². The van der Waals surface area contributed by atoms with Gasteiger partial charge in [0.15, 0.2) is 0 Å². The van der Waals surface area contributed by atoms with Crippen LogP contribution in [-0.2, 0) is 19.4 Å². The molecule has 0 unspecified atom stereocenters. The molecule has 0 heterocycles. The average Bonchev–Trinajstić information content (AvgIpc) is 2.29. The Morgan fingerprint density at radius 1 is 1.29 bits per heavy atom. The summed E-state index contributed by atoms with van der Waals surface area (Å²) in [6.07, 6.45) is 1.28. The smallest absolute Gasteiger partial charge is 0.405 e. The van der Waals surface area contributed by atoms with Crippen molar-refractivity contribution in [1.29, 1.82) is 0 Å². The molecule has 0 aliphatic carbocycles. The monoisotopic (exact) mass is 342 g/mol. The van der Waals surface area contributed by atoms with Crippen LogP contribution in [0.15, 0.2) is 0 Å². The van der Waals surface area contributed by atoms with Gasteiger partial charge in [0.2, 0.25) is 5.91 Å². The number of carbonyl (C=O) groups is 2. The van der Waals surface area contributed by atoms with Crippen molar-refractivity contribution in [3.63, 3.8) is 0 Å². The molecule has 0 spiro atoms. The van der Waals surface area contributed by atoms with Gasteiger partial charge < -0.3 is 15.4 Å². The first-order chi connectivity index (χ1) is 9.47. The average molecular weight is 343 g/mol. The zero-order valence-corrected chi connectivity index (χ0v) is 14.2. The van der Waals surface area contributed by atoms with Crippen LogP contribution in [-0.4, -0.2) is 61.9 Å². The van der Waals surface area contributed by atoms with E-state index >= 15 is 0 Å². The van der Waals surface area contributed by atoms with Gasteiger partial charge in [-0.15, -0.1) is 11.6 Å². The van der Waals surface area contributed by atoms with Crippen LogP contribution in [0.1, 0.15) is 26.7 Å². The number of rotatable bonds is 9. The number of hydrogen-bond donors (Lipinski definition) is 1. The van der Waals surface area contributed by atoms with Crippen molar-refractivity contribution in [2.75, 3.05) is 31.0 Å². The predicted molar refractivity (Wildman–Crippen MR) is 81.0 cm³/mol. The molecule has 2 N–H and O–H groups in total. The lowest BCUT2D eigenvalue weighted by molar-refractivity contribution is -0.128. The number of ether oxygens (including phenoxy) is 1. The molecule has 7 nitrogen and oxygen atoms in total. The molecule has 0 aromatic rings. The van der Waals surface area contributed by atoms with Gasteiger partial charge in [-0.2, -0.15) is 0 Å². The van der Waals surface area contributed by atoms with Crippen LogP contribution in [0.3, 0.4) is 0 Å². The molecule has 0 aromatic carbocycles. The largest absolute Gasteiger partial charge is 0.444 e. The van der Waals surface area contributed by atoms with Crippen LogP contribution < -0.4 is 5.73 Å². The van der Waals surface area contributed by atoms with Gasteiger partial charge >= 0.3 is 6.09 Å². The lowest BCUT2D eigenvalue weighted by Crippen LogP contribution is -2.38. The van der Waals surface area contributed by atoms with Crippen LogP contribution in [0.5, 0.6) is 0 Å². The minimum Gasteiger partial charge on any atom is -0.444 e.